The van der Waals surface area contributed by atoms with Gasteiger partial charge in [-0.25, -0.2) is 0 Å². The molecular formula is C29H46BrN3O4S. The van der Waals surface area contributed by atoms with Gasteiger partial charge in [-0.05, 0) is 44.9 Å². The van der Waals surface area contributed by atoms with Gasteiger partial charge >= 0.3 is 0 Å². The van der Waals surface area contributed by atoms with E-state index in [0.29, 0.717) is 38.9 Å². The SMILES string of the molecule is C=CCN(C)C(=O)[C@H]1[C@H]2C(=O)N(CCCCO)C(C(=O)N(CC=C)C(C)(C)CC(C)(C)C)C23CC(Br)[C@@H]1S3. The second-order valence-corrected chi connectivity index (χ2v) is 15.6. The number of likely N-dealkylation sites (N-methyl/N-ethyl adjacent to an activating group) is 1. The van der Waals surface area contributed by atoms with Gasteiger partial charge in [0.2, 0.25) is 17.7 Å². The Morgan fingerprint density at radius 1 is 1.16 bits per heavy atom. The highest BCUT2D eigenvalue weighted by Gasteiger charge is 2.76. The number of carbonyl (C=O) groups is 3. The summed E-state index contributed by atoms with van der Waals surface area (Å²) in [5, 5.41) is 9.35. The van der Waals surface area contributed by atoms with Crippen LogP contribution in [0.3, 0.4) is 0 Å². The molecule has 1 spiro atoms. The van der Waals surface area contributed by atoms with Crippen LogP contribution in [0.2, 0.25) is 0 Å². The summed E-state index contributed by atoms with van der Waals surface area (Å²) in [6.45, 7) is 19.6. The zero-order valence-corrected chi connectivity index (χ0v) is 26.3. The van der Waals surface area contributed by atoms with Crippen molar-refractivity contribution in [3.63, 3.8) is 0 Å². The van der Waals surface area contributed by atoms with E-state index in [2.05, 4.69) is 63.7 Å². The van der Waals surface area contributed by atoms with E-state index in [4.69, 9.17) is 0 Å². The molecule has 1 N–H and O–H groups in total. The van der Waals surface area contributed by atoms with Crippen molar-refractivity contribution in [2.75, 3.05) is 33.3 Å². The first-order chi connectivity index (χ1) is 17.7. The third kappa shape index (κ3) is 5.62. The van der Waals surface area contributed by atoms with Crippen LogP contribution < -0.4 is 0 Å². The molecule has 2 bridgehead atoms. The van der Waals surface area contributed by atoms with Crippen LogP contribution in [0.5, 0.6) is 0 Å². The van der Waals surface area contributed by atoms with Gasteiger partial charge in [0.1, 0.15) is 6.04 Å². The molecule has 0 aromatic carbocycles. The molecule has 214 valence electrons. The summed E-state index contributed by atoms with van der Waals surface area (Å²) < 4.78 is -0.682. The molecule has 3 saturated heterocycles. The molecule has 3 aliphatic heterocycles. The topological polar surface area (TPSA) is 81.2 Å². The number of fused-ring (bicyclic) bond motifs is 1. The number of aliphatic hydroxyl groups is 1. The van der Waals surface area contributed by atoms with Crippen molar-refractivity contribution < 1.29 is 19.5 Å². The summed E-state index contributed by atoms with van der Waals surface area (Å²) >= 11 is 5.50. The molecule has 9 heteroatoms. The summed E-state index contributed by atoms with van der Waals surface area (Å²) in [4.78, 5) is 47.9. The van der Waals surface area contributed by atoms with Crippen molar-refractivity contribution in [2.45, 2.75) is 86.7 Å². The summed E-state index contributed by atoms with van der Waals surface area (Å²) in [6.07, 6.45) is 6.03. The number of alkyl halides is 1. The van der Waals surface area contributed by atoms with Gasteiger partial charge in [-0.3, -0.25) is 14.4 Å². The van der Waals surface area contributed by atoms with Gasteiger partial charge < -0.3 is 19.8 Å². The van der Waals surface area contributed by atoms with Crippen LogP contribution in [-0.4, -0.2) is 97.2 Å². The van der Waals surface area contributed by atoms with Crippen molar-refractivity contribution in [3.8, 4) is 0 Å². The van der Waals surface area contributed by atoms with Crippen molar-refractivity contribution >= 4 is 45.4 Å². The molecule has 38 heavy (non-hydrogen) atoms. The lowest BCUT2D eigenvalue weighted by Gasteiger charge is -2.46. The average molecular weight is 613 g/mol. The maximum atomic E-state index is 14.7. The van der Waals surface area contributed by atoms with Crippen LogP contribution in [-0.2, 0) is 14.4 Å². The minimum Gasteiger partial charge on any atom is -0.396 e. The summed E-state index contributed by atoms with van der Waals surface area (Å²) in [5.74, 6) is -1.28. The van der Waals surface area contributed by atoms with E-state index in [1.165, 1.54) is 0 Å². The maximum absolute atomic E-state index is 14.7. The number of thioether (sulfide) groups is 1. The standard InChI is InChI=1S/C29H46BrN3O4S/c1-9-13-31(8)24(35)20-21-25(36)32(15-11-12-16-34)23(29(21)17-19(30)22(20)38-29)26(37)33(14-10-2)28(6,7)18-27(3,4)5/h9-10,19-23,34H,1-2,11-18H2,3-8H3/t19?,20-,21-,22-,23?,29?/m0/s1. The number of aliphatic hydroxyl groups excluding tert-OH is 1. The summed E-state index contributed by atoms with van der Waals surface area (Å²) in [7, 11) is 1.75. The van der Waals surface area contributed by atoms with Crippen molar-refractivity contribution in [3.05, 3.63) is 25.3 Å². The van der Waals surface area contributed by atoms with Crippen LogP contribution in [0.4, 0.5) is 0 Å². The van der Waals surface area contributed by atoms with Crippen LogP contribution in [0, 0.1) is 17.3 Å². The van der Waals surface area contributed by atoms with Gasteiger partial charge in [0.05, 0.1) is 16.6 Å². The number of carbonyl (C=O) groups excluding carboxylic acids is 3. The molecule has 0 aliphatic carbocycles. The van der Waals surface area contributed by atoms with Crippen LogP contribution in [0.25, 0.3) is 0 Å². The Kier molecular flexibility index (Phi) is 9.57. The van der Waals surface area contributed by atoms with Crippen molar-refractivity contribution in [2.24, 2.45) is 17.3 Å². The molecule has 3 fully saturated rings. The number of rotatable bonds is 12. The molecular weight excluding hydrogens is 566 g/mol. The quantitative estimate of drug-likeness (QED) is 0.204. The molecule has 0 aromatic heterocycles. The van der Waals surface area contributed by atoms with E-state index >= 15 is 0 Å². The fraction of sp³-hybridized carbons (Fsp3) is 0.759. The van der Waals surface area contributed by atoms with Gasteiger partial charge in [0.15, 0.2) is 0 Å². The third-order valence-electron chi connectivity index (χ3n) is 8.17. The van der Waals surface area contributed by atoms with Gasteiger partial charge in [0, 0.05) is 48.9 Å². The Hall–Kier alpha value is -1.32. The molecule has 3 amide bonds. The smallest absolute Gasteiger partial charge is 0.247 e. The number of hydrogen-bond acceptors (Lipinski definition) is 5. The molecule has 0 saturated carbocycles. The van der Waals surface area contributed by atoms with E-state index in [-0.39, 0.29) is 39.8 Å². The van der Waals surface area contributed by atoms with Gasteiger partial charge in [-0.1, -0.05) is 48.9 Å². The minimum absolute atomic E-state index is 0.00883. The molecule has 3 rings (SSSR count). The van der Waals surface area contributed by atoms with E-state index in [0.717, 1.165) is 6.42 Å². The molecule has 7 nitrogen and oxygen atoms in total. The van der Waals surface area contributed by atoms with Crippen molar-refractivity contribution in [1.82, 2.24) is 14.7 Å². The fourth-order valence-electron chi connectivity index (χ4n) is 7.17. The molecule has 3 heterocycles. The lowest BCUT2D eigenvalue weighted by molar-refractivity contribution is -0.147. The zero-order chi connectivity index (χ0) is 28.6. The number of unbranched alkanes of at least 4 members (excludes halogenated alkanes) is 1. The first-order valence-corrected chi connectivity index (χ1v) is 15.5. The molecule has 3 unspecified atom stereocenters. The lowest BCUT2D eigenvalue weighted by atomic mass is 9.70. The highest BCUT2D eigenvalue weighted by atomic mass is 79.9. The van der Waals surface area contributed by atoms with Crippen molar-refractivity contribution in [1.29, 1.82) is 0 Å². The van der Waals surface area contributed by atoms with E-state index in [9.17, 15) is 19.5 Å². The monoisotopic (exact) mass is 611 g/mol. The zero-order valence-electron chi connectivity index (χ0n) is 23.9. The van der Waals surface area contributed by atoms with Gasteiger partial charge in [0.25, 0.3) is 0 Å². The van der Waals surface area contributed by atoms with Crippen LogP contribution in [0.1, 0.15) is 60.3 Å². The Morgan fingerprint density at radius 3 is 2.34 bits per heavy atom. The fourth-order valence-corrected chi connectivity index (χ4v) is 10.8. The predicted octanol–water partition coefficient (Wildman–Crippen LogP) is 4.10. The first kappa shape index (κ1) is 31.2. The Balaban J connectivity index is 2.09. The second-order valence-electron chi connectivity index (χ2n) is 12.9. The first-order valence-electron chi connectivity index (χ1n) is 13.7. The number of halogens is 1. The number of hydrogen-bond donors (Lipinski definition) is 1. The summed E-state index contributed by atoms with van der Waals surface area (Å²) in [5.41, 5.74) is -0.475. The van der Waals surface area contributed by atoms with Gasteiger partial charge in [-0.2, -0.15) is 0 Å². The normalized spacial score (nSPS) is 30.4. The Bertz CT molecular complexity index is 951. The van der Waals surface area contributed by atoms with E-state index in [1.807, 2.05) is 4.90 Å². The second kappa shape index (κ2) is 11.7. The number of amides is 3. The predicted molar refractivity (Wildman–Crippen MR) is 158 cm³/mol. The van der Waals surface area contributed by atoms with E-state index < -0.39 is 28.2 Å². The average Bonchev–Trinajstić information content (AvgIpc) is 3.39. The summed E-state index contributed by atoms with van der Waals surface area (Å²) in [6, 6.07) is -0.671. The highest BCUT2D eigenvalue weighted by Crippen LogP contribution is 2.68. The molecule has 0 aromatic rings. The minimum atomic E-state index is -0.682. The molecule has 0 radical (unpaired) electrons. The number of nitrogens with zero attached hydrogens (tertiary/aromatic N) is 3. The Morgan fingerprint density at radius 2 is 1.79 bits per heavy atom. The molecule has 3 aliphatic rings. The molecule has 6 atom stereocenters. The largest absolute Gasteiger partial charge is 0.396 e. The van der Waals surface area contributed by atoms with Gasteiger partial charge in [-0.15, -0.1) is 24.9 Å². The lowest BCUT2D eigenvalue weighted by Crippen LogP contribution is -2.60. The maximum Gasteiger partial charge on any atom is 0.247 e. The Labute approximate surface area is 241 Å². The third-order valence-corrected chi connectivity index (χ3v) is 11.4. The van der Waals surface area contributed by atoms with E-state index in [1.54, 1.807) is 40.8 Å². The van der Waals surface area contributed by atoms with Crippen LogP contribution >= 0.6 is 27.7 Å². The van der Waals surface area contributed by atoms with Crippen LogP contribution in [0.15, 0.2) is 25.3 Å². The number of likely N-dealkylation sites (tertiary alicyclic amines) is 1. The highest BCUT2D eigenvalue weighted by molar-refractivity contribution is 9.09.